The van der Waals surface area contributed by atoms with Crippen molar-refractivity contribution >= 4 is 17.0 Å². The van der Waals surface area contributed by atoms with Gasteiger partial charge in [-0.2, -0.15) is 0 Å². The molecule has 100 valence electrons. The van der Waals surface area contributed by atoms with E-state index in [0.717, 1.165) is 22.4 Å². The first kappa shape index (κ1) is 12.3. The Morgan fingerprint density at radius 3 is 2.80 bits per heavy atom. The van der Waals surface area contributed by atoms with E-state index >= 15 is 0 Å². The van der Waals surface area contributed by atoms with Gasteiger partial charge in [0.25, 0.3) is 0 Å². The van der Waals surface area contributed by atoms with Crippen molar-refractivity contribution in [2.24, 2.45) is 0 Å². The van der Waals surface area contributed by atoms with Gasteiger partial charge >= 0.3 is 5.97 Å². The predicted molar refractivity (Wildman–Crippen MR) is 74.4 cm³/mol. The molecule has 0 unspecified atom stereocenters. The van der Waals surface area contributed by atoms with Crippen molar-refractivity contribution in [3.8, 4) is 0 Å². The molecule has 0 radical (unpaired) electrons. The molecule has 5 heteroatoms. The Labute approximate surface area is 115 Å². The summed E-state index contributed by atoms with van der Waals surface area (Å²) < 4.78 is 1.74. The van der Waals surface area contributed by atoms with E-state index in [1.807, 2.05) is 36.4 Å². The van der Waals surface area contributed by atoms with Gasteiger partial charge in [-0.05, 0) is 23.8 Å². The molecule has 0 aliphatic rings. The minimum atomic E-state index is -0.874. The van der Waals surface area contributed by atoms with Crippen molar-refractivity contribution in [3.63, 3.8) is 0 Å². The van der Waals surface area contributed by atoms with Gasteiger partial charge in [0.05, 0.1) is 11.0 Å². The van der Waals surface area contributed by atoms with E-state index in [2.05, 4.69) is 9.97 Å². The van der Waals surface area contributed by atoms with E-state index in [9.17, 15) is 4.79 Å². The fourth-order valence-corrected chi connectivity index (χ4v) is 2.26. The Bertz CT molecular complexity index is 750. The molecular formula is C15H13N3O2. The fourth-order valence-electron chi connectivity index (χ4n) is 2.26. The van der Waals surface area contributed by atoms with Crippen molar-refractivity contribution in [2.75, 3.05) is 0 Å². The van der Waals surface area contributed by atoms with Gasteiger partial charge in [0.15, 0.2) is 0 Å². The first-order valence-electron chi connectivity index (χ1n) is 6.29. The van der Waals surface area contributed by atoms with Crippen LogP contribution in [0.25, 0.3) is 11.0 Å². The summed E-state index contributed by atoms with van der Waals surface area (Å²) in [6.07, 6.45) is 4.05. The van der Waals surface area contributed by atoms with E-state index in [-0.39, 0.29) is 6.54 Å². The molecule has 0 spiro atoms. The fraction of sp³-hybridized carbons (Fsp3) is 0.133. The molecule has 2 heterocycles. The molecule has 0 fully saturated rings. The number of aliphatic carboxylic acids is 1. The summed E-state index contributed by atoms with van der Waals surface area (Å²) in [4.78, 5) is 19.7. The van der Waals surface area contributed by atoms with Gasteiger partial charge in [0, 0.05) is 18.8 Å². The molecule has 3 aromatic rings. The Hall–Kier alpha value is -2.69. The van der Waals surface area contributed by atoms with Crippen molar-refractivity contribution in [3.05, 3.63) is 60.2 Å². The number of fused-ring (bicyclic) bond motifs is 1. The predicted octanol–water partition coefficient (Wildman–Crippen LogP) is 2.11. The summed E-state index contributed by atoms with van der Waals surface area (Å²) in [5.74, 6) is -0.137. The highest BCUT2D eigenvalue weighted by molar-refractivity contribution is 5.78. The van der Waals surface area contributed by atoms with E-state index in [1.165, 1.54) is 0 Å². The van der Waals surface area contributed by atoms with Gasteiger partial charge in [-0.1, -0.05) is 18.2 Å². The lowest BCUT2D eigenvalue weighted by atomic mass is 10.2. The number of para-hydroxylation sites is 2. The van der Waals surface area contributed by atoms with Crippen LogP contribution in [0.3, 0.4) is 0 Å². The normalized spacial score (nSPS) is 10.8. The number of pyridine rings is 1. The van der Waals surface area contributed by atoms with Crippen LogP contribution in [-0.4, -0.2) is 25.6 Å². The third-order valence-corrected chi connectivity index (χ3v) is 3.11. The topological polar surface area (TPSA) is 68.0 Å². The van der Waals surface area contributed by atoms with Crippen molar-refractivity contribution in [1.29, 1.82) is 0 Å². The third-order valence-electron chi connectivity index (χ3n) is 3.11. The molecule has 0 aliphatic carbocycles. The smallest absolute Gasteiger partial charge is 0.323 e. The van der Waals surface area contributed by atoms with E-state index in [4.69, 9.17) is 5.11 Å². The maximum Gasteiger partial charge on any atom is 0.323 e. The van der Waals surface area contributed by atoms with Crippen LogP contribution in [0.2, 0.25) is 0 Å². The number of aromatic nitrogens is 3. The molecule has 0 amide bonds. The molecule has 3 rings (SSSR count). The quantitative estimate of drug-likeness (QED) is 0.786. The molecule has 0 saturated heterocycles. The zero-order chi connectivity index (χ0) is 13.9. The van der Waals surface area contributed by atoms with Crippen LogP contribution in [0.1, 0.15) is 11.4 Å². The third kappa shape index (κ3) is 2.38. The summed E-state index contributed by atoms with van der Waals surface area (Å²) >= 11 is 0. The Morgan fingerprint density at radius 1 is 1.20 bits per heavy atom. The van der Waals surface area contributed by atoms with Crippen LogP contribution < -0.4 is 0 Å². The summed E-state index contributed by atoms with van der Waals surface area (Å²) in [5, 5.41) is 9.07. The monoisotopic (exact) mass is 267 g/mol. The maximum absolute atomic E-state index is 11.1. The second-order valence-electron chi connectivity index (χ2n) is 4.53. The summed E-state index contributed by atoms with van der Waals surface area (Å²) in [5.41, 5.74) is 2.66. The summed E-state index contributed by atoms with van der Waals surface area (Å²) in [6.45, 7) is -0.0872. The Morgan fingerprint density at radius 2 is 2.05 bits per heavy atom. The zero-order valence-corrected chi connectivity index (χ0v) is 10.7. The number of hydrogen-bond acceptors (Lipinski definition) is 3. The second-order valence-corrected chi connectivity index (χ2v) is 4.53. The van der Waals surface area contributed by atoms with Crippen LogP contribution in [0.15, 0.2) is 48.8 Å². The highest BCUT2D eigenvalue weighted by atomic mass is 16.4. The van der Waals surface area contributed by atoms with Gasteiger partial charge in [-0.3, -0.25) is 9.78 Å². The molecule has 1 N–H and O–H groups in total. The number of nitrogens with zero attached hydrogens (tertiary/aromatic N) is 3. The van der Waals surface area contributed by atoms with Crippen molar-refractivity contribution < 1.29 is 9.90 Å². The number of carboxylic acids is 1. The van der Waals surface area contributed by atoms with Crippen LogP contribution in [0.5, 0.6) is 0 Å². The molecule has 0 saturated carbocycles. The summed E-state index contributed by atoms with van der Waals surface area (Å²) in [7, 11) is 0. The Kier molecular flexibility index (Phi) is 3.16. The lowest BCUT2D eigenvalue weighted by molar-refractivity contribution is -0.137. The second kappa shape index (κ2) is 5.13. The molecule has 5 nitrogen and oxygen atoms in total. The molecule has 1 aromatic carbocycles. The number of carboxylic acid groups (broad SMARTS) is 1. The van der Waals surface area contributed by atoms with E-state index in [0.29, 0.717) is 6.42 Å². The standard InChI is InChI=1S/C15H13N3O2/c19-15(20)10-18-13-6-2-1-5-12(13)17-14(18)8-11-4-3-7-16-9-11/h1-7,9H,8,10H2,(H,19,20). The first-order chi connectivity index (χ1) is 9.74. The molecule has 0 bridgehead atoms. The minimum absolute atomic E-state index is 0.0872. The van der Waals surface area contributed by atoms with Gasteiger partial charge in [-0.15, -0.1) is 0 Å². The molecule has 0 aliphatic heterocycles. The Balaban J connectivity index is 2.07. The van der Waals surface area contributed by atoms with Crippen LogP contribution in [-0.2, 0) is 17.8 Å². The van der Waals surface area contributed by atoms with E-state index < -0.39 is 5.97 Å². The average Bonchev–Trinajstić information content (AvgIpc) is 2.78. The largest absolute Gasteiger partial charge is 0.480 e. The zero-order valence-electron chi connectivity index (χ0n) is 10.7. The highest BCUT2D eigenvalue weighted by Gasteiger charge is 2.13. The number of benzene rings is 1. The van der Waals surface area contributed by atoms with Gasteiger partial charge in [0.1, 0.15) is 12.4 Å². The maximum atomic E-state index is 11.1. The highest BCUT2D eigenvalue weighted by Crippen LogP contribution is 2.18. The number of hydrogen-bond donors (Lipinski definition) is 1. The van der Waals surface area contributed by atoms with Crippen LogP contribution >= 0.6 is 0 Å². The summed E-state index contributed by atoms with van der Waals surface area (Å²) in [6, 6.07) is 11.4. The lowest BCUT2D eigenvalue weighted by Gasteiger charge is -2.06. The van der Waals surface area contributed by atoms with Gasteiger partial charge in [0.2, 0.25) is 0 Å². The average molecular weight is 267 g/mol. The molecular weight excluding hydrogens is 254 g/mol. The van der Waals surface area contributed by atoms with Gasteiger partial charge < -0.3 is 9.67 Å². The van der Waals surface area contributed by atoms with Crippen LogP contribution in [0.4, 0.5) is 0 Å². The van der Waals surface area contributed by atoms with Crippen molar-refractivity contribution in [1.82, 2.24) is 14.5 Å². The first-order valence-corrected chi connectivity index (χ1v) is 6.29. The van der Waals surface area contributed by atoms with Gasteiger partial charge in [-0.25, -0.2) is 4.98 Å². The SMILES string of the molecule is O=C(O)Cn1c(Cc2cccnc2)nc2ccccc21. The number of carbonyl (C=O) groups is 1. The number of imidazole rings is 1. The minimum Gasteiger partial charge on any atom is -0.480 e. The van der Waals surface area contributed by atoms with E-state index in [1.54, 1.807) is 17.0 Å². The lowest BCUT2D eigenvalue weighted by Crippen LogP contribution is -2.12. The molecule has 20 heavy (non-hydrogen) atoms. The van der Waals surface area contributed by atoms with Crippen molar-refractivity contribution in [2.45, 2.75) is 13.0 Å². The molecule has 2 aromatic heterocycles. The molecule has 0 atom stereocenters. The van der Waals surface area contributed by atoms with Crippen LogP contribution in [0, 0.1) is 0 Å². The number of rotatable bonds is 4.